The molecule has 1 aromatic carbocycles. The van der Waals surface area contributed by atoms with Crippen LogP contribution in [0.4, 0.5) is 0 Å². The summed E-state index contributed by atoms with van der Waals surface area (Å²) in [5.74, 6) is 0.115. The quantitative estimate of drug-likeness (QED) is 0.700. The molecule has 2 aromatic rings. The molecule has 0 unspecified atom stereocenters. The molecule has 0 radical (unpaired) electrons. The zero-order valence-electron chi connectivity index (χ0n) is 10.2. The van der Waals surface area contributed by atoms with Crippen molar-refractivity contribution in [2.24, 2.45) is 0 Å². The van der Waals surface area contributed by atoms with E-state index < -0.39 is 0 Å². The number of carbonyl (C=O) groups excluding carboxylic acids is 1. The van der Waals surface area contributed by atoms with Crippen molar-refractivity contribution in [2.75, 3.05) is 6.54 Å². The SMILES string of the molecule is C[C@@H]1CNC(=O)Cc2c1[nH]c1c(Cl)c(Cl)cc(O)c21. The summed E-state index contributed by atoms with van der Waals surface area (Å²) in [6.45, 7) is 2.57. The highest BCUT2D eigenvalue weighted by Crippen LogP contribution is 2.41. The molecule has 0 spiro atoms. The minimum atomic E-state index is -0.0584. The molecular formula is C13H12Cl2N2O2. The number of nitrogens with one attached hydrogen (secondary N) is 2. The predicted molar refractivity (Wildman–Crippen MR) is 75.1 cm³/mol. The Balaban J connectivity index is 2.38. The molecule has 4 nitrogen and oxygen atoms in total. The van der Waals surface area contributed by atoms with E-state index in [-0.39, 0.29) is 24.0 Å². The number of fused-ring (bicyclic) bond motifs is 3. The maximum Gasteiger partial charge on any atom is 0.224 e. The van der Waals surface area contributed by atoms with Crippen LogP contribution in [-0.4, -0.2) is 22.5 Å². The number of aromatic amines is 1. The van der Waals surface area contributed by atoms with Crippen LogP contribution in [0.25, 0.3) is 10.9 Å². The topological polar surface area (TPSA) is 65.1 Å². The zero-order chi connectivity index (χ0) is 13.7. The van der Waals surface area contributed by atoms with Gasteiger partial charge in [-0.1, -0.05) is 30.1 Å². The fraction of sp³-hybridized carbons (Fsp3) is 0.308. The van der Waals surface area contributed by atoms with Gasteiger partial charge in [-0.3, -0.25) is 4.79 Å². The van der Waals surface area contributed by atoms with Gasteiger partial charge in [-0.05, 0) is 5.56 Å². The summed E-state index contributed by atoms with van der Waals surface area (Å²) in [6, 6.07) is 1.41. The van der Waals surface area contributed by atoms with Gasteiger partial charge >= 0.3 is 0 Å². The van der Waals surface area contributed by atoms with E-state index in [9.17, 15) is 9.90 Å². The maximum atomic E-state index is 11.7. The average Bonchev–Trinajstić information content (AvgIpc) is 2.67. The second-order valence-electron chi connectivity index (χ2n) is 4.84. The number of benzene rings is 1. The Kier molecular flexibility index (Phi) is 2.87. The fourth-order valence-corrected chi connectivity index (χ4v) is 2.97. The summed E-state index contributed by atoms with van der Waals surface area (Å²) >= 11 is 12.1. The van der Waals surface area contributed by atoms with Gasteiger partial charge in [0.25, 0.3) is 0 Å². The third kappa shape index (κ3) is 1.86. The highest BCUT2D eigenvalue weighted by Gasteiger charge is 2.26. The largest absolute Gasteiger partial charge is 0.507 e. The lowest BCUT2D eigenvalue weighted by Gasteiger charge is -2.07. The van der Waals surface area contributed by atoms with Crippen LogP contribution in [0.1, 0.15) is 24.1 Å². The monoisotopic (exact) mass is 298 g/mol. The molecule has 1 aliphatic rings. The molecule has 1 aliphatic heterocycles. The number of hydrogen-bond donors (Lipinski definition) is 3. The summed E-state index contributed by atoms with van der Waals surface area (Å²) in [7, 11) is 0. The number of hydrogen-bond acceptors (Lipinski definition) is 2. The number of phenolic OH excluding ortho intramolecular Hbond substituents is 1. The number of phenols is 1. The number of carbonyl (C=O) groups is 1. The number of amides is 1. The lowest BCUT2D eigenvalue weighted by Crippen LogP contribution is -2.25. The van der Waals surface area contributed by atoms with E-state index in [1.807, 2.05) is 6.92 Å². The Morgan fingerprint density at radius 1 is 1.42 bits per heavy atom. The van der Waals surface area contributed by atoms with Crippen molar-refractivity contribution in [3.63, 3.8) is 0 Å². The van der Waals surface area contributed by atoms with Crippen LogP contribution < -0.4 is 5.32 Å². The van der Waals surface area contributed by atoms with E-state index in [2.05, 4.69) is 10.3 Å². The number of rotatable bonds is 0. The minimum Gasteiger partial charge on any atom is -0.507 e. The third-order valence-corrected chi connectivity index (χ3v) is 4.31. The van der Waals surface area contributed by atoms with Gasteiger partial charge in [-0.15, -0.1) is 0 Å². The molecule has 0 saturated heterocycles. The Bertz CT molecular complexity index is 694. The van der Waals surface area contributed by atoms with Crippen molar-refractivity contribution in [1.82, 2.24) is 10.3 Å². The molecule has 0 saturated carbocycles. The Morgan fingerprint density at radius 2 is 2.16 bits per heavy atom. The smallest absolute Gasteiger partial charge is 0.224 e. The summed E-state index contributed by atoms with van der Waals surface area (Å²) in [4.78, 5) is 14.9. The lowest BCUT2D eigenvalue weighted by atomic mass is 10.0. The standard InChI is InChI=1S/C13H12Cl2N2O2/c1-5-4-16-9(19)2-6-10-8(18)3-7(14)11(15)13(10)17-12(5)6/h3,5,17-18H,2,4H2,1H3,(H,16,19)/t5-/m1/s1. The van der Waals surface area contributed by atoms with Crippen LogP contribution in [-0.2, 0) is 11.2 Å². The van der Waals surface area contributed by atoms with E-state index in [1.165, 1.54) is 6.07 Å². The molecule has 1 aromatic heterocycles. The van der Waals surface area contributed by atoms with Crippen molar-refractivity contribution in [1.29, 1.82) is 0 Å². The molecule has 2 heterocycles. The van der Waals surface area contributed by atoms with E-state index >= 15 is 0 Å². The highest BCUT2D eigenvalue weighted by atomic mass is 35.5. The van der Waals surface area contributed by atoms with Gasteiger partial charge in [-0.2, -0.15) is 0 Å². The lowest BCUT2D eigenvalue weighted by molar-refractivity contribution is -0.120. The number of aromatic nitrogens is 1. The Labute approximate surface area is 119 Å². The first-order valence-electron chi connectivity index (χ1n) is 5.97. The summed E-state index contributed by atoms with van der Waals surface area (Å²) < 4.78 is 0. The van der Waals surface area contributed by atoms with Crippen LogP contribution in [0.3, 0.4) is 0 Å². The van der Waals surface area contributed by atoms with E-state index in [0.29, 0.717) is 27.5 Å². The molecule has 0 bridgehead atoms. The average molecular weight is 299 g/mol. The second-order valence-corrected chi connectivity index (χ2v) is 5.63. The fourth-order valence-electron chi connectivity index (χ4n) is 2.58. The highest BCUT2D eigenvalue weighted by molar-refractivity contribution is 6.45. The zero-order valence-corrected chi connectivity index (χ0v) is 11.7. The van der Waals surface area contributed by atoms with Crippen molar-refractivity contribution in [3.05, 3.63) is 27.4 Å². The second kappa shape index (κ2) is 4.32. The molecule has 0 fully saturated rings. The molecule has 3 N–H and O–H groups in total. The molecule has 100 valence electrons. The summed E-state index contributed by atoms with van der Waals surface area (Å²) in [5, 5.41) is 14.2. The Hall–Kier alpha value is -1.39. The summed E-state index contributed by atoms with van der Waals surface area (Å²) in [5.41, 5.74) is 2.32. The van der Waals surface area contributed by atoms with Gasteiger partial charge in [0, 0.05) is 29.6 Å². The van der Waals surface area contributed by atoms with Crippen LogP contribution in [0, 0.1) is 0 Å². The molecular weight excluding hydrogens is 287 g/mol. The van der Waals surface area contributed by atoms with Crippen molar-refractivity contribution in [2.45, 2.75) is 19.3 Å². The third-order valence-electron chi connectivity index (χ3n) is 3.52. The van der Waals surface area contributed by atoms with Crippen LogP contribution in [0.2, 0.25) is 10.0 Å². The van der Waals surface area contributed by atoms with E-state index in [0.717, 1.165) is 11.3 Å². The van der Waals surface area contributed by atoms with Crippen LogP contribution in [0.5, 0.6) is 5.75 Å². The number of halogens is 2. The van der Waals surface area contributed by atoms with Crippen molar-refractivity contribution >= 4 is 40.0 Å². The first kappa shape index (κ1) is 12.6. The van der Waals surface area contributed by atoms with Crippen LogP contribution in [0.15, 0.2) is 6.07 Å². The van der Waals surface area contributed by atoms with E-state index in [1.54, 1.807) is 0 Å². The molecule has 3 rings (SSSR count). The van der Waals surface area contributed by atoms with Gasteiger partial charge in [0.05, 0.1) is 22.0 Å². The molecule has 1 amide bonds. The minimum absolute atomic E-state index is 0.0452. The van der Waals surface area contributed by atoms with Gasteiger partial charge in [-0.25, -0.2) is 0 Å². The number of aromatic hydroxyl groups is 1. The van der Waals surface area contributed by atoms with Gasteiger partial charge in [0.1, 0.15) is 5.75 Å². The first-order chi connectivity index (χ1) is 8.99. The molecule has 0 aliphatic carbocycles. The van der Waals surface area contributed by atoms with Gasteiger partial charge in [0.2, 0.25) is 5.91 Å². The predicted octanol–water partition coefficient (Wildman–Crippen LogP) is 2.96. The summed E-state index contributed by atoms with van der Waals surface area (Å²) in [6.07, 6.45) is 0.227. The normalized spacial score (nSPS) is 19.1. The molecule has 1 atom stereocenters. The van der Waals surface area contributed by atoms with Crippen molar-refractivity contribution < 1.29 is 9.90 Å². The number of H-pyrrole nitrogens is 1. The molecule has 19 heavy (non-hydrogen) atoms. The van der Waals surface area contributed by atoms with Crippen LogP contribution >= 0.6 is 23.2 Å². The Morgan fingerprint density at radius 3 is 2.89 bits per heavy atom. The van der Waals surface area contributed by atoms with E-state index in [4.69, 9.17) is 23.2 Å². The van der Waals surface area contributed by atoms with Gasteiger partial charge in [0.15, 0.2) is 0 Å². The maximum absolute atomic E-state index is 11.7. The van der Waals surface area contributed by atoms with Crippen molar-refractivity contribution in [3.8, 4) is 5.75 Å². The van der Waals surface area contributed by atoms with Gasteiger partial charge < -0.3 is 15.4 Å². The first-order valence-corrected chi connectivity index (χ1v) is 6.72. The molecule has 6 heteroatoms.